The molecule has 9 heteroatoms. The zero-order chi connectivity index (χ0) is 18.2. The molecule has 4 nitrogen and oxygen atoms in total. The van der Waals surface area contributed by atoms with E-state index in [1.807, 2.05) is 0 Å². The molecule has 0 aromatic carbocycles. The predicted octanol–water partition coefficient (Wildman–Crippen LogP) is 4.60. The average Bonchev–Trinajstić information content (AvgIpc) is 2.57. The Hall–Kier alpha value is -2.74. The third-order valence-electron chi connectivity index (χ3n) is 3.40. The number of pyridine rings is 3. The maximum absolute atomic E-state index is 14.1. The molecule has 0 fully saturated rings. The molecule has 0 radical (unpaired) electrons. The minimum atomic E-state index is -4.58. The number of hydrogen-bond acceptors (Lipinski definition) is 4. The first-order valence-corrected chi connectivity index (χ1v) is 7.23. The number of nitrogens with two attached hydrogens (primary N) is 1. The van der Waals surface area contributed by atoms with Gasteiger partial charge in [0.05, 0.1) is 22.5 Å². The van der Waals surface area contributed by atoms with Crippen molar-refractivity contribution in [2.24, 2.45) is 0 Å². The fraction of sp³-hybridized carbons (Fsp3) is 0.0625. The Morgan fingerprint density at radius 2 is 1.76 bits per heavy atom. The maximum Gasteiger partial charge on any atom is 0.417 e. The van der Waals surface area contributed by atoms with E-state index in [1.165, 1.54) is 24.5 Å². The van der Waals surface area contributed by atoms with Crippen molar-refractivity contribution >= 4 is 17.4 Å². The van der Waals surface area contributed by atoms with Gasteiger partial charge in [0.2, 0.25) is 0 Å². The van der Waals surface area contributed by atoms with Crippen molar-refractivity contribution in [1.82, 2.24) is 15.0 Å². The molecule has 3 rings (SSSR count). The Kier molecular flexibility index (Phi) is 4.30. The summed E-state index contributed by atoms with van der Waals surface area (Å²) in [5.41, 5.74) is 5.04. The third kappa shape index (κ3) is 3.39. The van der Waals surface area contributed by atoms with Gasteiger partial charge in [-0.05, 0) is 18.2 Å². The van der Waals surface area contributed by atoms with Crippen LogP contribution in [0.3, 0.4) is 0 Å². The number of aromatic nitrogens is 3. The van der Waals surface area contributed by atoms with Crippen molar-refractivity contribution in [2.75, 3.05) is 5.73 Å². The van der Waals surface area contributed by atoms with Crippen molar-refractivity contribution in [3.05, 3.63) is 59.4 Å². The summed E-state index contributed by atoms with van der Waals surface area (Å²) in [5.74, 6) is -0.765. The molecule has 0 saturated carbocycles. The van der Waals surface area contributed by atoms with Crippen LogP contribution in [0.1, 0.15) is 5.56 Å². The van der Waals surface area contributed by atoms with Crippen molar-refractivity contribution in [3.63, 3.8) is 0 Å². The summed E-state index contributed by atoms with van der Waals surface area (Å²) in [4.78, 5) is 11.3. The second-order valence-corrected chi connectivity index (χ2v) is 5.47. The highest BCUT2D eigenvalue weighted by Gasteiger charge is 2.31. The van der Waals surface area contributed by atoms with Gasteiger partial charge in [0, 0.05) is 35.3 Å². The third-order valence-corrected chi connectivity index (χ3v) is 3.71. The van der Waals surface area contributed by atoms with Gasteiger partial charge in [0.25, 0.3) is 0 Å². The predicted molar refractivity (Wildman–Crippen MR) is 85.1 cm³/mol. The molecule has 0 saturated heterocycles. The molecule has 0 atom stereocenters. The molecule has 128 valence electrons. The van der Waals surface area contributed by atoms with Gasteiger partial charge in [-0.1, -0.05) is 11.6 Å². The molecule has 3 aromatic heterocycles. The Balaban J connectivity index is 2.27. The van der Waals surface area contributed by atoms with E-state index in [1.54, 1.807) is 0 Å². The van der Waals surface area contributed by atoms with Gasteiger partial charge < -0.3 is 5.73 Å². The topological polar surface area (TPSA) is 64.7 Å². The Bertz CT molecular complexity index is 944. The number of hydrogen-bond donors (Lipinski definition) is 1. The molecule has 0 amide bonds. The molecular formula is C16H9ClF4N4. The number of anilines is 1. The van der Waals surface area contributed by atoms with E-state index >= 15 is 0 Å². The molecule has 2 N–H and O–H groups in total. The van der Waals surface area contributed by atoms with Gasteiger partial charge in [0.15, 0.2) is 0 Å². The van der Waals surface area contributed by atoms with Gasteiger partial charge in [-0.2, -0.15) is 13.2 Å². The summed E-state index contributed by atoms with van der Waals surface area (Å²) >= 11 is 5.96. The van der Waals surface area contributed by atoms with Crippen LogP contribution in [0.4, 0.5) is 23.4 Å². The summed E-state index contributed by atoms with van der Waals surface area (Å²) in [5, 5.41) is 0.0508. The molecule has 0 aliphatic rings. The van der Waals surface area contributed by atoms with E-state index in [9.17, 15) is 17.6 Å². The first kappa shape index (κ1) is 17.1. The van der Waals surface area contributed by atoms with Crippen LogP contribution in [-0.4, -0.2) is 15.0 Å². The standard InChI is InChI=1S/C16H9ClF4N4/c17-12-4-11(10-1-2-23-7-13(10)18)14(25-15(12)22)8-3-9(6-24-5-8)16(19,20)21/h1-7H,(H2,22,25). The van der Waals surface area contributed by atoms with Crippen LogP contribution in [0.15, 0.2) is 43.0 Å². The smallest absolute Gasteiger partial charge is 0.382 e. The molecule has 0 aliphatic carbocycles. The van der Waals surface area contributed by atoms with Gasteiger partial charge in [0.1, 0.15) is 11.6 Å². The monoisotopic (exact) mass is 368 g/mol. The number of halogens is 5. The van der Waals surface area contributed by atoms with Crippen molar-refractivity contribution in [3.8, 4) is 22.4 Å². The Morgan fingerprint density at radius 3 is 2.44 bits per heavy atom. The molecule has 0 bridgehead atoms. The molecule has 0 unspecified atom stereocenters. The van der Waals surface area contributed by atoms with Crippen LogP contribution in [0.5, 0.6) is 0 Å². The number of alkyl halides is 3. The van der Waals surface area contributed by atoms with Crippen molar-refractivity contribution < 1.29 is 17.6 Å². The lowest BCUT2D eigenvalue weighted by atomic mass is 10.00. The normalized spacial score (nSPS) is 11.6. The quantitative estimate of drug-likeness (QED) is 0.671. The lowest BCUT2D eigenvalue weighted by molar-refractivity contribution is -0.137. The van der Waals surface area contributed by atoms with Crippen LogP contribution in [0, 0.1) is 5.82 Å². The van der Waals surface area contributed by atoms with E-state index in [-0.39, 0.29) is 33.2 Å². The summed E-state index contributed by atoms with van der Waals surface area (Å²) in [6, 6.07) is 3.58. The number of nitrogens with zero attached hydrogens (tertiary/aromatic N) is 3. The fourth-order valence-electron chi connectivity index (χ4n) is 2.25. The Labute approximate surface area is 144 Å². The summed E-state index contributed by atoms with van der Waals surface area (Å²) < 4.78 is 52.9. The first-order chi connectivity index (χ1) is 11.8. The summed E-state index contributed by atoms with van der Waals surface area (Å²) in [6.07, 6.45) is -0.378. The lowest BCUT2D eigenvalue weighted by Gasteiger charge is -2.13. The highest BCUT2D eigenvalue weighted by molar-refractivity contribution is 6.33. The average molecular weight is 369 g/mol. The van der Waals surface area contributed by atoms with Crippen LogP contribution in [-0.2, 0) is 6.18 Å². The lowest BCUT2D eigenvalue weighted by Crippen LogP contribution is -2.06. The second kappa shape index (κ2) is 6.29. The summed E-state index contributed by atoms with van der Waals surface area (Å²) in [7, 11) is 0. The number of nitrogen functional groups attached to an aromatic ring is 1. The highest BCUT2D eigenvalue weighted by Crippen LogP contribution is 2.37. The summed E-state index contributed by atoms with van der Waals surface area (Å²) in [6.45, 7) is 0. The van der Waals surface area contributed by atoms with Gasteiger partial charge in [-0.3, -0.25) is 9.97 Å². The van der Waals surface area contributed by atoms with Gasteiger partial charge in [-0.15, -0.1) is 0 Å². The van der Waals surface area contributed by atoms with Crippen LogP contribution in [0.2, 0.25) is 5.02 Å². The van der Waals surface area contributed by atoms with E-state index in [4.69, 9.17) is 17.3 Å². The molecule has 25 heavy (non-hydrogen) atoms. The minimum absolute atomic E-state index is 0.0319. The zero-order valence-electron chi connectivity index (χ0n) is 12.4. The number of rotatable bonds is 2. The molecular weight excluding hydrogens is 360 g/mol. The van der Waals surface area contributed by atoms with Crippen LogP contribution < -0.4 is 5.73 Å². The van der Waals surface area contributed by atoms with E-state index in [2.05, 4.69) is 15.0 Å². The van der Waals surface area contributed by atoms with E-state index < -0.39 is 17.6 Å². The van der Waals surface area contributed by atoms with Crippen LogP contribution >= 0.6 is 11.6 Å². The minimum Gasteiger partial charge on any atom is -0.382 e. The van der Waals surface area contributed by atoms with E-state index in [0.29, 0.717) is 6.20 Å². The van der Waals surface area contributed by atoms with Gasteiger partial charge in [-0.25, -0.2) is 9.37 Å². The Morgan fingerprint density at radius 1 is 1.00 bits per heavy atom. The van der Waals surface area contributed by atoms with Gasteiger partial charge >= 0.3 is 6.18 Å². The zero-order valence-corrected chi connectivity index (χ0v) is 13.1. The second-order valence-electron chi connectivity index (χ2n) is 5.07. The van der Waals surface area contributed by atoms with Crippen LogP contribution in [0.25, 0.3) is 22.4 Å². The molecule has 3 heterocycles. The molecule has 3 aromatic rings. The SMILES string of the molecule is Nc1nc(-c2cncc(C(F)(F)F)c2)c(-c2ccncc2F)cc1Cl. The largest absolute Gasteiger partial charge is 0.417 e. The maximum atomic E-state index is 14.1. The molecule has 0 spiro atoms. The van der Waals surface area contributed by atoms with E-state index in [0.717, 1.165) is 12.3 Å². The molecule has 0 aliphatic heterocycles. The first-order valence-electron chi connectivity index (χ1n) is 6.86. The van der Waals surface area contributed by atoms with Crippen molar-refractivity contribution in [1.29, 1.82) is 0 Å². The fourth-order valence-corrected chi connectivity index (χ4v) is 2.40. The van der Waals surface area contributed by atoms with Crippen molar-refractivity contribution in [2.45, 2.75) is 6.18 Å². The highest BCUT2D eigenvalue weighted by atomic mass is 35.5.